The molecule has 0 unspecified atom stereocenters. The number of likely N-dealkylation sites (tertiary alicyclic amines) is 1. The van der Waals surface area contributed by atoms with Gasteiger partial charge in [0, 0.05) is 68.2 Å². The zero-order valence-corrected chi connectivity index (χ0v) is 21.3. The number of aromatic nitrogens is 4. The highest BCUT2D eigenvalue weighted by molar-refractivity contribution is 5.84. The molecule has 0 bridgehead atoms. The fraction of sp³-hybridized carbons (Fsp3) is 0.640. The number of nitrogens with zero attached hydrogens (tertiary/aromatic N) is 7. The first-order valence-corrected chi connectivity index (χ1v) is 12.9. The summed E-state index contributed by atoms with van der Waals surface area (Å²) in [6.45, 7) is 12.6. The lowest BCUT2D eigenvalue weighted by Gasteiger charge is -2.46. The van der Waals surface area contributed by atoms with E-state index in [1.165, 1.54) is 0 Å². The minimum Gasteiger partial charge on any atom is -0.378 e. The van der Waals surface area contributed by atoms with E-state index in [9.17, 15) is 4.79 Å². The highest BCUT2D eigenvalue weighted by Crippen LogP contribution is 2.42. The highest BCUT2D eigenvalue weighted by atomic mass is 16.5. The molecule has 6 rings (SSSR count). The second-order valence-electron chi connectivity index (χ2n) is 11.3. The first-order chi connectivity index (χ1) is 17.2. The number of anilines is 3. The van der Waals surface area contributed by atoms with Gasteiger partial charge in [0.2, 0.25) is 17.8 Å². The van der Waals surface area contributed by atoms with Crippen molar-refractivity contribution in [3.05, 3.63) is 18.0 Å². The molecule has 3 fully saturated rings. The SMILES string of the molecule is CC1(C)CN[C@@H]1C(=O)N1CC[C@](C)(N2CCc3c(-c4cnc(N)nc4)nc(N4CCOCC4)nc32)C1. The predicted octanol–water partition coefficient (Wildman–Crippen LogP) is 0.704. The Morgan fingerprint density at radius 3 is 2.53 bits per heavy atom. The van der Waals surface area contributed by atoms with Crippen LogP contribution in [0.25, 0.3) is 11.3 Å². The Balaban J connectivity index is 1.34. The predicted molar refractivity (Wildman–Crippen MR) is 137 cm³/mol. The van der Waals surface area contributed by atoms with E-state index >= 15 is 0 Å². The van der Waals surface area contributed by atoms with Gasteiger partial charge in [-0.15, -0.1) is 0 Å². The molecule has 2 atom stereocenters. The van der Waals surface area contributed by atoms with Crippen LogP contribution in [0.5, 0.6) is 0 Å². The number of fused-ring (bicyclic) bond motifs is 1. The highest BCUT2D eigenvalue weighted by Gasteiger charge is 2.49. The zero-order valence-electron chi connectivity index (χ0n) is 21.3. The van der Waals surface area contributed by atoms with Gasteiger partial charge in [0.1, 0.15) is 5.82 Å². The maximum atomic E-state index is 13.3. The number of hydrogen-bond acceptors (Lipinski definition) is 10. The van der Waals surface area contributed by atoms with Gasteiger partial charge in [0.05, 0.1) is 30.5 Å². The maximum Gasteiger partial charge on any atom is 0.240 e. The molecule has 0 radical (unpaired) electrons. The van der Waals surface area contributed by atoms with E-state index in [0.717, 1.165) is 68.2 Å². The number of amides is 1. The van der Waals surface area contributed by atoms with Crippen molar-refractivity contribution in [3.63, 3.8) is 0 Å². The molecule has 3 N–H and O–H groups in total. The van der Waals surface area contributed by atoms with Gasteiger partial charge in [-0.1, -0.05) is 13.8 Å². The molecule has 3 saturated heterocycles. The second kappa shape index (κ2) is 8.52. The molecular weight excluding hydrogens is 458 g/mol. The van der Waals surface area contributed by atoms with Crippen LogP contribution in [-0.4, -0.2) is 94.8 Å². The topological polar surface area (TPSA) is 126 Å². The number of morpholine rings is 1. The Labute approximate surface area is 211 Å². The largest absolute Gasteiger partial charge is 0.378 e. The summed E-state index contributed by atoms with van der Waals surface area (Å²) < 4.78 is 5.56. The molecule has 4 aliphatic rings. The van der Waals surface area contributed by atoms with Gasteiger partial charge in [-0.05, 0) is 19.8 Å². The van der Waals surface area contributed by atoms with Crippen LogP contribution in [0.1, 0.15) is 32.8 Å². The summed E-state index contributed by atoms with van der Waals surface area (Å²) in [6, 6.07) is -0.0990. The molecule has 0 spiro atoms. The van der Waals surface area contributed by atoms with Crippen molar-refractivity contribution in [3.8, 4) is 11.3 Å². The number of carbonyl (C=O) groups excluding carboxylic acids is 1. The van der Waals surface area contributed by atoms with Crippen LogP contribution in [0.4, 0.5) is 17.7 Å². The number of nitrogens with one attached hydrogen (secondary N) is 1. The average Bonchev–Trinajstić information content (AvgIpc) is 3.49. The van der Waals surface area contributed by atoms with E-state index in [0.29, 0.717) is 25.7 Å². The number of ether oxygens (including phenoxy) is 1. The van der Waals surface area contributed by atoms with Crippen LogP contribution in [0, 0.1) is 5.41 Å². The Morgan fingerprint density at radius 2 is 1.86 bits per heavy atom. The molecule has 11 heteroatoms. The fourth-order valence-corrected chi connectivity index (χ4v) is 5.94. The Morgan fingerprint density at radius 1 is 1.11 bits per heavy atom. The number of nitrogens with two attached hydrogens (primary N) is 1. The summed E-state index contributed by atoms with van der Waals surface area (Å²) in [5.41, 5.74) is 8.37. The number of carbonyl (C=O) groups is 1. The summed E-state index contributed by atoms with van der Waals surface area (Å²) in [7, 11) is 0. The number of nitrogen functional groups attached to an aromatic ring is 1. The van der Waals surface area contributed by atoms with Gasteiger partial charge in [-0.25, -0.2) is 15.0 Å². The minimum absolute atomic E-state index is 0.00660. The van der Waals surface area contributed by atoms with E-state index in [1.54, 1.807) is 12.4 Å². The van der Waals surface area contributed by atoms with Crippen LogP contribution in [0.15, 0.2) is 12.4 Å². The molecule has 6 heterocycles. The Kier molecular flexibility index (Phi) is 5.52. The lowest BCUT2D eigenvalue weighted by Crippen LogP contribution is -2.66. The van der Waals surface area contributed by atoms with E-state index in [2.05, 4.69) is 45.9 Å². The monoisotopic (exact) mass is 493 g/mol. The zero-order chi connectivity index (χ0) is 25.1. The lowest BCUT2D eigenvalue weighted by atomic mass is 9.76. The van der Waals surface area contributed by atoms with Crippen molar-refractivity contribution < 1.29 is 9.53 Å². The molecule has 0 aliphatic carbocycles. The molecule has 192 valence electrons. The van der Waals surface area contributed by atoms with Crippen LogP contribution < -0.4 is 20.9 Å². The van der Waals surface area contributed by atoms with E-state index in [4.69, 9.17) is 20.4 Å². The number of hydrogen-bond donors (Lipinski definition) is 2. The molecule has 1 amide bonds. The van der Waals surface area contributed by atoms with Crippen molar-refractivity contribution in [1.29, 1.82) is 0 Å². The smallest absolute Gasteiger partial charge is 0.240 e. The van der Waals surface area contributed by atoms with Gasteiger partial charge in [-0.3, -0.25) is 4.79 Å². The third kappa shape index (κ3) is 3.85. The first-order valence-electron chi connectivity index (χ1n) is 12.9. The molecule has 0 saturated carbocycles. The molecular formula is C25H35N9O2. The molecule has 0 aromatic carbocycles. The van der Waals surface area contributed by atoms with Crippen molar-refractivity contribution in [2.75, 3.05) is 68.0 Å². The summed E-state index contributed by atoms with van der Waals surface area (Å²) >= 11 is 0. The third-order valence-electron chi connectivity index (χ3n) is 8.26. The van der Waals surface area contributed by atoms with Gasteiger partial charge < -0.3 is 30.5 Å². The van der Waals surface area contributed by atoms with Crippen molar-refractivity contribution in [1.82, 2.24) is 30.2 Å². The van der Waals surface area contributed by atoms with E-state index in [-0.39, 0.29) is 28.9 Å². The molecule has 11 nitrogen and oxygen atoms in total. The van der Waals surface area contributed by atoms with E-state index in [1.807, 2.05) is 4.90 Å². The summed E-state index contributed by atoms with van der Waals surface area (Å²) in [5, 5.41) is 3.34. The van der Waals surface area contributed by atoms with Crippen LogP contribution in [0.3, 0.4) is 0 Å². The standard InChI is InChI=1S/C25H35N9O2/c1-24(2)14-29-19(24)21(35)33-7-5-25(3,15-33)34-6-4-17-18(16-12-27-22(26)28-13-16)30-23(31-20(17)34)32-8-10-36-11-9-32/h12-13,19,29H,4-11,14-15H2,1-3H3,(H2,26,27,28)/t19-,25+/m1/s1. The van der Waals surface area contributed by atoms with Crippen molar-refractivity contribution in [2.45, 2.75) is 45.2 Å². The Bertz CT molecular complexity index is 1160. The van der Waals surface area contributed by atoms with Crippen LogP contribution in [-0.2, 0) is 16.0 Å². The minimum atomic E-state index is -0.194. The van der Waals surface area contributed by atoms with Crippen LogP contribution >= 0.6 is 0 Å². The van der Waals surface area contributed by atoms with Gasteiger partial charge in [0.15, 0.2) is 0 Å². The quantitative estimate of drug-likeness (QED) is 0.629. The van der Waals surface area contributed by atoms with Gasteiger partial charge >= 0.3 is 0 Å². The molecule has 2 aromatic heterocycles. The molecule has 36 heavy (non-hydrogen) atoms. The number of rotatable bonds is 4. The second-order valence-corrected chi connectivity index (χ2v) is 11.3. The normalized spacial score (nSPS) is 27.2. The molecule has 4 aliphatic heterocycles. The van der Waals surface area contributed by atoms with Crippen molar-refractivity contribution in [2.24, 2.45) is 5.41 Å². The van der Waals surface area contributed by atoms with Gasteiger partial charge in [-0.2, -0.15) is 4.98 Å². The first kappa shape index (κ1) is 23.4. The summed E-state index contributed by atoms with van der Waals surface area (Å²) in [5.74, 6) is 2.11. The van der Waals surface area contributed by atoms with E-state index < -0.39 is 0 Å². The summed E-state index contributed by atoms with van der Waals surface area (Å²) in [4.78, 5) is 38.4. The fourth-order valence-electron chi connectivity index (χ4n) is 5.94. The maximum absolute atomic E-state index is 13.3. The average molecular weight is 494 g/mol. The van der Waals surface area contributed by atoms with Crippen molar-refractivity contribution >= 4 is 23.6 Å². The molecule has 2 aromatic rings. The lowest BCUT2D eigenvalue weighted by molar-refractivity contribution is -0.139. The van der Waals surface area contributed by atoms with Gasteiger partial charge in [0.25, 0.3) is 0 Å². The third-order valence-corrected chi connectivity index (χ3v) is 8.26. The Hall–Kier alpha value is -3.05. The summed E-state index contributed by atoms with van der Waals surface area (Å²) in [6.07, 6.45) is 5.21. The van der Waals surface area contributed by atoms with Crippen LogP contribution in [0.2, 0.25) is 0 Å².